The third kappa shape index (κ3) is 10.3. The van der Waals surface area contributed by atoms with Crippen molar-refractivity contribution in [1.82, 2.24) is 0 Å². The zero-order chi connectivity index (χ0) is 36.2. The van der Waals surface area contributed by atoms with Gasteiger partial charge >= 0.3 is 0 Å². The lowest BCUT2D eigenvalue weighted by Crippen LogP contribution is -2.49. The third-order valence-electron chi connectivity index (χ3n) is 11.0. The van der Waals surface area contributed by atoms with E-state index in [1.165, 1.54) is 11.1 Å². The normalized spacial score (nSPS) is 14.2. The Balaban J connectivity index is 2.34. The first-order valence-electron chi connectivity index (χ1n) is 17.6. The van der Waals surface area contributed by atoms with Gasteiger partial charge in [0, 0.05) is 10.8 Å². The summed E-state index contributed by atoms with van der Waals surface area (Å²) in [6.45, 7) is 38.4. The van der Waals surface area contributed by atoms with Crippen molar-refractivity contribution in [2.24, 2.45) is 5.41 Å². The van der Waals surface area contributed by atoms with E-state index in [1.807, 2.05) is 26.8 Å². The van der Waals surface area contributed by atoms with Crippen LogP contribution >= 0.6 is 0 Å². The van der Waals surface area contributed by atoms with Gasteiger partial charge in [-0.05, 0) is 97.3 Å². The van der Waals surface area contributed by atoms with E-state index in [2.05, 4.69) is 126 Å². The Morgan fingerprint density at radius 2 is 1.13 bits per heavy atom. The average molecular weight is 685 g/mol. The fraction of sp³-hybridized carbons (Fsp3) is 0.675. The van der Waals surface area contributed by atoms with Crippen molar-refractivity contribution in [2.45, 2.75) is 151 Å². The fourth-order valence-electron chi connectivity index (χ4n) is 5.22. The number of carbonyl (C=O) groups is 1. The van der Waals surface area contributed by atoms with Crippen LogP contribution in [0.4, 0.5) is 0 Å². The van der Waals surface area contributed by atoms with Crippen LogP contribution in [-0.2, 0) is 19.1 Å². The van der Waals surface area contributed by atoms with E-state index in [4.69, 9.17) is 18.3 Å². The Morgan fingerprint density at radius 3 is 1.51 bits per heavy atom. The first-order chi connectivity index (χ1) is 21.3. The Morgan fingerprint density at radius 1 is 0.681 bits per heavy atom. The molecule has 2 rings (SSSR count). The zero-order valence-electron chi connectivity index (χ0n) is 33.1. The molecule has 2 aromatic rings. The first-order valence-corrected chi connectivity index (χ1v) is 23.5. The monoisotopic (exact) mass is 684 g/mol. The van der Waals surface area contributed by atoms with Crippen LogP contribution in [0.1, 0.15) is 111 Å². The molecule has 0 spiro atoms. The molecule has 0 radical (unpaired) electrons. The highest BCUT2D eigenvalue weighted by Crippen LogP contribution is 2.42. The van der Waals surface area contributed by atoms with Crippen LogP contribution in [0.15, 0.2) is 36.4 Å². The second-order valence-electron chi connectivity index (χ2n) is 17.6. The smallest absolute Gasteiger partial charge is 0.192 e. The van der Waals surface area contributed by atoms with Crippen LogP contribution in [-0.4, -0.2) is 48.3 Å². The Labute approximate surface area is 290 Å². The van der Waals surface area contributed by atoms with Crippen LogP contribution in [0.2, 0.25) is 36.3 Å². The summed E-state index contributed by atoms with van der Waals surface area (Å²) in [5, 5.41) is 0.222. The van der Waals surface area contributed by atoms with Gasteiger partial charge in [-0.3, -0.25) is 4.79 Å². The molecular formula is C40H68O5Si2. The maximum absolute atomic E-state index is 12.5. The number of aryl methyl sites for hydroxylation is 2. The lowest BCUT2D eigenvalue weighted by Gasteiger charge is -2.41. The lowest BCUT2D eigenvalue weighted by molar-refractivity contribution is -0.128. The minimum absolute atomic E-state index is 0.0846. The van der Waals surface area contributed by atoms with Gasteiger partial charge in [0.15, 0.2) is 22.4 Å². The van der Waals surface area contributed by atoms with Crippen LogP contribution in [0.3, 0.4) is 0 Å². The summed E-state index contributed by atoms with van der Waals surface area (Å²) in [6, 6.07) is 13.1. The van der Waals surface area contributed by atoms with Crippen LogP contribution in [0.5, 0.6) is 11.5 Å². The van der Waals surface area contributed by atoms with Crippen molar-refractivity contribution in [3.63, 3.8) is 0 Å². The summed E-state index contributed by atoms with van der Waals surface area (Å²) in [5.74, 6) is 1.74. The van der Waals surface area contributed by atoms with E-state index in [9.17, 15) is 4.79 Å². The molecule has 0 N–H and O–H groups in total. The molecule has 1 atom stereocenters. The second-order valence-corrected chi connectivity index (χ2v) is 27.2. The topological polar surface area (TPSA) is 54.0 Å². The maximum atomic E-state index is 12.5. The predicted molar refractivity (Wildman–Crippen MR) is 204 cm³/mol. The standard InChI is InChI=1S/C40H68O5Si2/c1-18-40(19-2,32-21-23-35(30(4)25-32)43-28-36(41)37(5,6)7)31-20-22-34(29(3)24-31)42-26-33(45-47(16,17)39(11,12)13)27-44-46(14,15)38(8,9)10/h20-25,33H,18-19,26-28H2,1-17H3. The van der Waals surface area contributed by atoms with Crippen molar-refractivity contribution in [3.05, 3.63) is 58.7 Å². The number of carbonyl (C=O) groups excluding carboxylic acids is 1. The average Bonchev–Trinajstić information content (AvgIpc) is 2.93. The van der Waals surface area contributed by atoms with Gasteiger partial charge in [-0.1, -0.05) is 100 Å². The van der Waals surface area contributed by atoms with Crippen molar-refractivity contribution < 1.29 is 23.1 Å². The highest BCUT2D eigenvalue weighted by Gasteiger charge is 2.42. The van der Waals surface area contributed by atoms with Gasteiger partial charge in [0.1, 0.15) is 30.8 Å². The molecule has 0 saturated carbocycles. The first kappa shape index (κ1) is 41.2. The van der Waals surface area contributed by atoms with Gasteiger partial charge in [-0.15, -0.1) is 0 Å². The van der Waals surface area contributed by atoms with Gasteiger partial charge in [-0.2, -0.15) is 0 Å². The highest BCUT2D eigenvalue weighted by molar-refractivity contribution is 6.74. The van der Waals surface area contributed by atoms with Crippen molar-refractivity contribution in [3.8, 4) is 11.5 Å². The van der Waals surface area contributed by atoms with E-state index in [-0.39, 0.29) is 34.0 Å². The molecule has 7 heteroatoms. The van der Waals surface area contributed by atoms with E-state index in [0.717, 1.165) is 35.5 Å². The molecule has 0 aliphatic carbocycles. The minimum Gasteiger partial charge on any atom is -0.491 e. The summed E-state index contributed by atoms with van der Waals surface area (Å²) >= 11 is 0. The van der Waals surface area contributed by atoms with Crippen molar-refractivity contribution in [1.29, 1.82) is 0 Å². The molecule has 0 amide bonds. The van der Waals surface area contributed by atoms with E-state index < -0.39 is 22.0 Å². The summed E-state index contributed by atoms with van der Waals surface area (Å²) in [4.78, 5) is 12.5. The summed E-state index contributed by atoms with van der Waals surface area (Å²) in [7, 11) is -3.99. The predicted octanol–water partition coefficient (Wildman–Crippen LogP) is 11.2. The molecule has 47 heavy (non-hydrogen) atoms. The molecule has 0 bridgehead atoms. The molecule has 2 aromatic carbocycles. The maximum Gasteiger partial charge on any atom is 0.192 e. The van der Waals surface area contributed by atoms with Gasteiger partial charge in [0.2, 0.25) is 0 Å². The molecule has 266 valence electrons. The Bertz CT molecular complexity index is 1340. The zero-order valence-corrected chi connectivity index (χ0v) is 35.1. The highest BCUT2D eigenvalue weighted by atomic mass is 28.4. The summed E-state index contributed by atoms with van der Waals surface area (Å²) in [5.41, 5.74) is 4.12. The van der Waals surface area contributed by atoms with Crippen LogP contribution in [0.25, 0.3) is 0 Å². The minimum atomic E-state index is -2.04. The molecule has 0 heterocycles. The molecule has 0 fully saturated rings. The molecular weight excluding hydrogens is 617 g/mol. The quantitative estimate of drug-likeness (QED) is 0.175. The lowest BCUT2D eigenvalue weighted by atomic mass is 9.70. The molecule has 0 aliphatic rings. The molecule has 0 aromatic heterocycles. The number of ketones is 1. The fourth-order valence-corrected chi connectivity index (χ4v) is 7.58. The van der Waals surface area contributed by atoms with E-state index in [0.29, 0.717) is 13.2 Å². The molecule has 1 unspecified atom stereocenters. The number of hydrogen-bond acceptors (Lipinski definition) is 5. The van der Waals surface area contributed by atoms with Gasteiger partial charge in [0.05, 0.1) is 6.61 Å². The summed E-state index contributed by atoms with van der Waals surface area (Å²) < 4.78 is 26.1. The Hall–Kier alpha value is -1.94. The van der Waals surface area contributed by atoms with Gasteiger partial charge < -0.3 is 18.3 Å². The van der Waals surface area contributed by atoms with Crippen LogP contribution < -0.4 is 9.47 Å². The number of Topliss-reactive ketones (excluding diaryl/α,β-unsaturated/α-hetero) is 1. The second kappa shape index (κ2) is 15.3. The Kier molecular flexibility index (Phi) is 13.4. The number of benzene rings is 2. The summed E-state index contributed by atoms with van der Waals surface area (Å²) in [6.07, 6.45) is 1.77. The third-order valence-corrected chi connectivity index (χ3v) is 20.0. The molecule has 5 nitrogen and oxygen atoms in total. The van der Waals surface area contributed by atoms with Gasteiger partial charge in [-0.25, -0.2) is 0 Å². The SMILES string of the molecule is CCC(CC)(c1ccc(OCC(=O)C(C)(C)C)c(C)c1)c1ccc(OCC(CO[Si](C)(C)C(C)(C)C)O[Si](C)(C)C(C)(C)C)c(C)c1. The van der Waals surface area contributed by atoms with Crippen molar-refractivity contribution >= 4 is 22.4 Å². The number of ether oxygens (including phenoxy) is 2. The largest absolute Gasteiger partial charge is 0.491 e. The van der Waals surface area contributed by atoms with Gasteiger partial charge in [0.25, 0.3) is 0 Å². The number of hydrogen-bond donors (Lipinski definition) is 0. The number of rotatable bonds is 15. The molecule has 0 aliphatic heterocycles. The van der Waals surface area contributed by atoms with E-state index in [1.54, 1.807) is 0 Å². The van der Waals surface area contributed by atoms with Crippen LogP contribution in [0, 0.1) is 19.3 Å². The van der Waals surface area contributed by atoms with Crippen molar-refractivity contribution in [2.75, 3.05) is 19.8 Å². The van der Waals surface area contributed by atoms with E-state index >= 15 is 0 Å². The molecule has 0 saturated heterocycles.